The van der Waals surface area contributed by atoms with Gasteiger partial charge in [0, 0.05) is 23.6 Å². The molecule has 5 heteroatoms. The molecule has 0 radical (unpaired) electrons. The van der Waals surface area contributed by atoms with Crippen molar-refractivity contribution in [3.05, 3.63) is 36.2 Å². The second-order valence-corrected chi connectivity index (χ2v) is 6.72. The third kappa shape index (κ3) is 2.96. The molecule has 0 spiro atoms. The van der Waals surface area contributed by atoms with Crippen LogP contribution < -0.4 is 5.32 Å². The highest BCUT2D eigenvalue weighted by molar-refractivity contribution is 5.96. The normalized spacial score (nSPS) is 16.0. The molecule has 5 nitrogen and oxygen atoms in total. The average molecular weight is 323 g/mol. The molecular formula is C19H25N5. The van der Waals surface area contributed by atoms with Gasteiger partial charge in [-0.15, -0.1) is 5.10 Å². The number of hydrogen-bond acceptors (Lipinski definition) is 4. The summed E-state index contributed by atoms with van der Waals surface area (Å²) in [6, 6.07) is 8.44. The van der Waals surface area contributed by atoms with Crippen LogP contribution in [0, 0.1) is 6.92 Å². The summed E-state index contributed by atoms with van der Waals surface area (Å²) in [6.45, 7) is 6.66. The molecule has 1 N–H and O–H groups in total. The lowest BCUT2D eigenvalue weighted by Crippen LogP contribution is -2.31. The van der Waals surface area contributed by atoms with E-state index in [4.69, 9.17) is 0 Å². The number of anilines is 1. The second kappa shape index (κ2) is 6.77. The first-order chi connectivity index (χ1) is 11.8. The van der Waals surface area contributed by atoms with E-state index in [0.717, 1.165) is 35.4 Å². The number of likely N-dealkylation sites (tertiary alicyclic amines) is 1. The number of nitrogens with one attached hydrogen (secondary N) is 1. The summed E-state index contributed by atoms with van der Waals surface area (Å²) >= 11 is 0. The van der Waals surface area contributed by atoms with E-state index in [1.165, 1.54) is 44.4 Å². The largest absolute Gasteiger partial charge is 0.368 e. The minimum atomic E-state index is 0.901. The maximum absolute atomic E-state index is 4.40. The van der Waals surface area contributed by atoms with Gasteiger partial charge in [-0.3, -0.25) is 0 Å². The number of rotatable bonds is 5. The van der Waals surface area contributed by atoms with Crippen LogP contribution in [0.25, 0.3) is 16.4 Å². The molecule has 0 unspecified atom stereocenters. The molecule has 0 aromatic carbocycles. The first-order valence-electron chi connectivity index (χ1n) is 9.02. The molecule has 1 fully saturated rings. The van der Waals surface area contributed by atoms with Gasteiger partial charge in [0.1, 0.15) is 0 Å². The van der Waals surface area contributed by atoms with Crippen molar-refractivity contribution in [3.63, 3.8) is 0 Å². The fraction of sp³-hybridized carbons (Fsp3) is 0.474. The van der Waals surface area contributed by atoms with Crippen molar-refractivity contribution in [3.8, 4) is 0 Å². The summed E-state index contributed by atoms with van der Waals surface area (Å²) in [5.41, 5.74) is 3.30. The molecule has 1 saturated heterocycles. The molecule has 1 aliphatic heterocycles. The Hall–Kier alpha value is -2.14. The molecule has 126 valence electrons. The molecule has 4 heterocycles. The lowest BCUT2D eigenvalue weighted by atomic mass is 10.1. The summed E-state index contributed by atoms with van der Waals surface area (Å²) in [6.07, 6.45) is 7.34. The Morgan fingerprint density at radius 2 is 2.00 bits per heavy atom. The van der Waals surface area contributed by atoms with Gasteiger partial charge in [-0.2, -0.15) is 5.10 Å². The highest BCUT2D eigenvalue weighted by Crippen LogP contribution is 2.26. The van der Waals surface area contributed by atoms with Gasteiger partial charge in [0.2, 0.25) is 0 Å². The van der Waals surface area contributed by atoms with Crippen LogP contribution in [0.1, 0.15) is 31.4 Å². The zero-order chi connectivity index (χ0) is 16.4. The van der Waals surface area contributed by atoms with Gasteiger partial charge >= 0.3 is 0 Å². The van der Waals surface area contributed by atoms with Gasteiger partial charge in [0.25, 0.3) is 0 Å². The predicted molar refractivity (Wildman–Crippen MR) is 98.6 cm³/mol. The van der Waals surface area contributed by atoms with Gasteiger partial charge in [0.05, 0.1) is 11.2 Å². The smallest absolute Gasteiger partial charge is 0.158 e. The SMILES string of the molecule is Cc1nnc(NCCCN2CCCCC2)c2cc3ccccn3c12. The average Bonchev–Trinajstić information content (AvgIpc) is 3.02. The Labute approximate surface area is 142 Å². The van der Waals surface area contributed by atoms with E-state index >= 15 is 0 Å². The highest BCUT2D eigenvalue weighted by Gasteiger charge is 2.12. The maximum atomic E-state index is 4.40. The van der Waals surface area contributed by atoms with Crippen LogP contribution in [0.3, 0.4) is 0 Å². The summed E-state index contributed by atoms with van der Waals surface area (Å²) in [7, 11) is 0. The Balaban J connectivity index is 1.49. The van der Waals surface area contributed by atoms with E-state index in [1.807, 2.05) is 6.92 Å². The molecule has 0 amide bonds. The Kier molecular flexibility index (Phi) is 4.34. The zero-order valence-electron chi connectivity index (χ0n) is 14.3. The van der Waals surface area contributed by atoms with E-state index < -0.39 is 0 Å². The molecule has 0 atom stereocenters. The maximum Gasteiger partial charge on any atom is 0.158 e. The lowest BCUT2D eigenvalue weighted by Gasteiger charge is -2.26. The minimum Gasteiger partial charge on any atom is -0.368 e. The van der Waals surface area contributed by atoms with Crippen LogP contribution in [-0.4, -0.2) is 45.7 Å². The summed E-state index contributed by atoms with van der Waals surface area (Å²) in [5, 5.41) is 13.4. The van der Waals surface area contributed by atoms with Crippen LogP contribution in [-0.2, 0) is 0 Å². The van der Waals surface area contributed by atoms with Crippen LogP contribution in [0.4, 0.5) is 5.82 Å². The van der Waals surface area contributed by atoms with Gasteiger partial charge in [-0.25, -0.2) is 0 Å². The number of pyridine rings is 1. The highest BCUT2D eigenvalue weighted by atomic mass is 15.2. The number of hydrogen-bond donors (Lipinski definition) is 1. The van der Waals surface area contributed by atoms with Crippen LogP contribution in [0.15, 0.2) is 30.5 Å². The van der Waals surface area contributed by atoms with Gasteiger partial charge in [-0.05, 0) is 64.0 Å². The molecule has 0 aliphatic carbocycles. The van der Waals surface area contributed by atoms with Crippen LogP contribution >= 0.6 is 0 Å². The van der Waals surface area contributed by atoms with Gasteiger partial charge in [-0.1, -0.05) is 12.5 Å². The molecular weight excluding hydrogens is 298 g/mol. The minimum absolute atomic E-state index is 0.901. The third-order valence-electron chi connectivity index (χ3n) is 4.97. The Morgan fingerprint density at radius 1 is 1.12 bits per heavy atom. The number of fused-ring (bicyclic) bond motifs is 3. The molecule has 0 bridgehead atoms. The standard InChI is InChI=1S/C19H25N5/c1-15-18-17(14-16-8-3-6-13-24(16)18)19(22-21-15)20-9-7-12-23-10-4-2-5-11-23/h3,6,8,13-14H,2,4-5,7,9-12H2,1H3,(H,20,22). The molecule has 1 aliphatic rings. The molecule has 24 heavy (non-hydrogen) atoms. The van der Waals surface area contributed by atoms with E-state index in [2.05, 4.69) is 55.3 Å². The van der Waals surface area contributed by atoms with Crippen molar-refractivity contribution >= 4 is 22.2 Å². The monoisotopic (exact) mass is 323 g/mol. The van der Waals surface area contributed by atoms with Crippen molar-refractivity contribution in [2.24, 2.45) is 0 Å². The van der Waals surface area contributed by atoms with Crippen molar-refractivity contribution in [2.45, 2.75) is 32.6 Å². The number of piperidine rings is 1. The summed E-state index contributed by atoms with van der Waals surface area (Å²) in [4.78, 5) is 2.58. The fourth-order valence-corrected chi connectivity index (χ4v) is 3.72. The van der Waals surface area contributed by atoms with E-state index in [0.29, 0.717) is 0 Å². The van der Waals surface area contributed by atoms with Gasteiger partial charge in [0.15, 0.2) is 5.82 Å². The fourth-order valence-electron chi connectivity index (χ4n) is 3.72. The van der Waals surface area contributed by atoms with Crippen molar-refractivity contribution < 1.29 is 0 Å². The van der Waals surface area contributed by atoms with Crippen molar-refractivity contribution in [1.29, 1.82) is 0 Å². The van der Waals surface area contributed by atoms with Crippen molar-refractivity contribution in [2.75, 3.05) is 31.5 Å². The summed E-state index contributed by atoms with van der Waals surface area (Å²) < 4.78 is 2.19. The first kappa shape index (κ1) is 15.4. The molecule has 3 aromatic heterocycles. The van der Waals surface area contributed by atoms with Crippen LogP contribution in [0.5, 0.6) is 0 Å². The topological polar surface area (TPSA) is 45.5 Å². The Morgan fingerprint density at radius 3 is 2.88 bits per heavy atom. The van der Waals surface area contributed by atoms with Crippen LogP contribution in [0.2, 0.25) is 0 Å². The molecule has 0 saturated carbocycles. The molecule has 4 rings (SSSR count). The van der Waals surface area contributed by atoms with Gasteiger partial charge < -0.3 is 14.6 Å². The van der Waals surface area contributed by atoms with E-state index in [1.54, 1.807) is 0 Å². The lowest BCUT2D eigenvalue weighted by molar-refractivity contribution is 0.228. The van der Waals surface area contributed by atoms with E-state index in [-0.39, 0.29) is 0 Å². The number of aromatic nitrogens is 3. The first-order valence-corrected chi connectivity index (χ1v) is 9.02. The third-order valence-corrected chi connectivity index (χ3v) is 4.97. The quantitative estimate of drug-likeness (QED) is 0.730. The van der Waals surface area contributed by atoms with Crippen molar-refractivity contribution in [1.82, 2.24) is 19.5 Å². The predicted octanol–water partition coefficient (Wildman–Crippen LogP) is 3.48. The Bertz CT molecular complexity index is 832. The molecule has 3 aromatic rings. The number of nitrogens with zero attached hydrogens (tertiary/aromatic N) is 4. The van der Waals surface area contributed by atoms with E-state index in [9.17, 15) is 0 Å². The zero-order valence-corrected chi connectivity index (χ0v) is 14.3. The summed E-state index contributed by atoms with van der Waals surface area (Å²) in [5.74, 6) is 0.901. The number of aryl methyl sites for hydroxylation is 1. The second-order valence-electron chi connectivity index (χ2n) is 6.72.